The molecule has 0 aliphatic carbocycles. The van der Waals surface area contributed by atoms with Crippen LogP contribution in [0.25, 0.3) is 0 Å². The highest BCUT2D eigenvalue weighted by Gasteiger charge is 2.53. The van der Waals surface area contributed by atoms with Crippen LogP contribution in [0.15, 0.2) is 42.7 Å². The number of ether oxygens (including phenoxy) is 5. The van der Waals surface area contributed by atoms with E-state index >= 15 is 0 Å². The van der Waals surface area contributed by atoms with Gasteiger partial charge in [-0.1, -0.05) is 19.4 Å². The van der Waals surface area contributed by atoms with E-state index in [2.05, 4.69) is 9.47 Å². The molecule has 2 aromatic rings. The Morgan fingerprint density at radius 1 is 0.892 bits per heavy atom. The lowest BCUT2D eigenvalue weighted by Crippen LogP contribution is -2.58. The van der Waals surface area contributed by atoms with Gasteiger partial charge in [0.05, 0.1) is 37.7 Å². The Kier molecular flexibility index (Phi) is 7.16. The molecule has 3 aliphatic rings. The minimum atomic E-state index is -4.81. The van der Waals surface area contributed by atoms with Gasteiger partial charge in [-0.3, -0.25) is 0 Å². The Bertz CT molecular complexity index is 1130. The van der Waals surface area contributed by atoms with Gasteiger partial charge < -0.3 is 23.7 Å². The van der Waals surface area contributed by atoms with Crippen molar-refractivity contribution in [3.8, 4) is 11.5 Å². The number of allylic oxidation sites excluding steroid dienone is 1. The molecule has 0 unspecified atom stereocenters. The summed E-state index contributed by atoms with van der Waals surface area (Å²) in [4.78, 5) is 0. The number of hydrogen-bond acceptors (Lipinski definition) is 5. The smallest absolute Gasteiger partial charge is 0.429 e. The first-order valence-corrected chi connectivity index (χ1v) is 11.0. The zero-order chi connectivity index (χ0) is 27.1. The molecule has 5 rings (SSSR count). The average Bonchev–Trinajstić information content (AvgIpc) is 2.81. The molecule has 3 heterocycles. The maximum absolute atomic E-state index is 14.8. The standard InChI is InChI=1S/C24H20F8O5/c1-2-5-21-11-34-24(35-12-21,36-13-21)14-3-4-16(17(25)8-14)23(31,32)37-15-9-18(26)20(19(27)10-15)33-7-6-22(28,29)30/h3-4,6-10H,2,5,11-13H2,1H3/b7-6+. The van der Waals surface area contributed by atoms with E-state index in [4.69, 9.17) is 14.2 Å². The first-order chi connectivity index (χ1) is 17.3. The van der Waals surface area contributed by atoms with E-state index in [-0.39, 0.29) is 49.2 Å². The fraction of sp³-hybridized carbons (Fsp3) is 0.417. The quantitative estimate of drug-likeness (QED) is 0.277. The molecule has 3 fully saturated rings. The maximum Gasteiger partial charge on any atom is 0.429 e. The SMILES string of the molecule is CCCC12COC(c3ccc(C(F)(F)Oc4cc(F)c(O/C=C/C(F)(F)F)c(F)c4)c(F)c3)(OC1)OC2. The van der Waals surface area contributed by atoms with Gasteiger partial charge in [-0.05, 0) is 18.6 Å². The fourth-order valence-corrected chi connectivity index (χ4v) is 4.02. The molecule has 0 saturated carbocycles. The zero-order valence-corrected chi connectivity index (χ0v) is 19.1. The van der Waals surface area contributed by atoms with E-state index in [9.17, 15) is 35.1 Å². The molecule has 3 aliphatic heterocycles. The lowest BCUT2D eigenvalue weighted by atomic mass is 9.83. The number of benzene rings is 2. The van der Waals surface area contributed by atoms with Crippen LogP contribution in [0.2, 0.25) is 0 Å². The Morgan fingerprint density at radius 3 is 2.00 bits per heavy atom. The summed E-state index contributed by atoms with van der Waals surface area (Å²) in [5.74, 6) is -8.82. The monoisotopic (exact) mass is 540 g/mol. The zero-order valence-electron chi connectivity index (χ0n) is 19.1. The molecule has 0 aromatic heterocycles. The van der Waals surface area contributed by atoms with Gasteiger partial charge in [-0.15, -0.1) is 0 Å². The lowest BCUT2D eigenvalue weighted by Gasteiger charge is -2.51. The van der Waals surface area contributed by atoms with Crippen molar-refractivity contribution in [3.05, 3.63) is 71.2 Å². The number of halogens is 8. The highest BCUT2D eigenvalue weighted by molar-refractivity contribution is 5.37. The van der Waals surface area contributed by atoms with Gasteiger partial charge >= 0.3 is 18.3 Å². The van der Waals surface area contributed by atoms with Crippen LogP contribution in [0.3, 0.4) is 0 Å². The van der Waals surface area contributed by atoms with Crippen molar-refractivity contribution in [3.63, 3.8) is 0 Å². The summed E-state index contributed by atoms with van der Waals surface area (Å²) < 4.78 is 134. The average molecular weight is 540 g/mol. The van der Waals surface area contributed by atoms with Gasteiger partial charge in [0.2, 0.25) is 0 Å². The van der Waals surface area contributed by atoms with Crippen LogP contribution in [-0.2, 0) is 26.3 Å². The molecule has 0 amide bonds. The molecule has 0 atom stereocenters. The molecular formula is C24H20F8O5. The van der Waals surface area contributed by atoms with E-state index in [0.29, 0.717) is 6.07 Å². The fourth-order valence-electron chi connectivity index (χ4n) is 4.02. The van der Waals surface area contributed by atoms with Crippen LogP contribution in [0.1, 0.15) is 30.9 Å². The van der Waals surface area contributed by atoms with Crippen molar-refractivity contribution in [1.82, 2.24) is 0 Å². The van der Waals surface area contributed by atoms with Crippen LogP contribution < -0.4 is 9.47 Å². The molecule has 0 N–H and O–H groups in total. The molecule has 0 radical (unpaired) electrons. The van der Waals surface area contributed by atoms with Gasteiger partial charge in [0.15, 0.2) is 17.4 Å². The van der Waals surface area contributed by atoms with Crippen molar-refractivity contribution in [1.29, 1.82) is 0 Å². The van der Waals surface area contributed by atoms with Crippen molar-refractivity contribution in [2.24, 2.45) is 5.41 Å². The number of hydrogen-bond donors (Lipinski definition) is 0. The molecule has 13 heteroatoms. The van der Waals surface area contributed by atoms with Crippen LogP contribution in [0, 0.1) is 22.9 Å². The normalized spacial score (nSPS) is 24.0. The summed E-state index contributed by atoms with van der Waals surface area (Å²) in [6.07, 6.45) is -8.03. The van der Waals surface area contributed by atoms with Crippen molar-refractivity contribution in [2.45, 2.75) is 38.0 Å². The molecular weight excluding hydrogens is 520 g/mol. The summed E-state index contributed by atoms with van der Waals surface area (Å²) in [5, 5.41) is 0. The predicted octanol–water partition coefficient (Wildman–Crippen LogP) is 6.66. The van der Waals surface area contributed by atoms with Gasteiger partial charge in [-0.2, -0.15) is 22.0 Å². The van der Waals surface area contributed by atoms with E-state index in [1.165, 1.54) is 0 Å². The largest absolute Gasteiger partial charge is 0.459 e. The molecule has 3 saturated heterocycles. The Balaban J connectivity index is 1.50. The number of alkyl halides is 5. The second-order valence-corrected chi connectivity index (χ2v) is 8.66. The van der Waals surface area contributed by atoms with Crippen LogP contribution in [0.4, 0.5) is 35.1 Å². The first kappa shape index (κ1) is 27.1. The second kappa shape index (κ2) is 9.76. The predicted molar refractivity (Wildman–Crippen MR) is 110 cm³/mol. The van der Waals surface area contributed by atoms with Crippen LogP contribution >= 0.6 is 0 Å². The van der Waals surface area contributed by atoms with E-state index in [1.54, 1.807) is 0 Å². The van der Waals surface area contributed by atoms with Gasteiger partial charge in [-0.25, -0.2) is 13.2 Å². The lowest BCUT2D eigenvalue weighted by molar-refractivity contribution is -0.480. The highest BCUT2D eigenvalue weighted by atomic mass is 19.4. The van der Waals surface area contributed by atoms with Crippen molar-refractivity contribution < 1.29 is 58.8 Å². The second-order valence-electron chi connectivity index (χ2n) is 8.66. The molecule has 0 spiro atoms. The number of fused-ring (bicyclic) bond motifs is 3. The third kappa shape index (κ3) is 5.68. The summed E-state index contributed by atoms with van der Waals surface area (Å²) >= 11 is 0. The Labute approximate surface area is 205 Å². The summed E-state index contributed by atoms with van der Waals surface area (Å²) in [6, 6.07) is 2.99. The van der Waals surface area contributed by atoms with Crippen molar-refractivity contribution in [2.75, 3.05) is 19.8 Å². The van der Waals surface area contributed by atoms with E-state index in [0.717, 1.165) is 25.0 Å². The molecule has 5 nitrogen and oxygen atoms in total. The van der Waals surface area contributed by atoms with Gasteiger partial charge in [0, 0.05) is 23.1 Å². The summed E-state index contributed by atoms with van der Waals surface area (Å²) in [7, 11) is 0. The molecule has 37 heavy (non-hydrogen) atoms. The molecule has 2 bridgehead atoms. The minimum absolute atomic E-state index is 0.0140. The van der Waals surface area contributed by atoms with Crippen LogP contribution in [-0.4, -0.2) is 26.0 Å². The molecule has 202 valence electrons. The van der Waals surface area contributed by atoms with E-state index < -0.39 is 58.8 Å². The van der Waals surface area contributed by atoms with Crippen LogP contribution in [0.5, 0.6) is 11.5 Å². The third-order valence-electron chi connectivity index (χ3n) is 5.78. The topological polar surface area (TPSA) is 46.2 Å². The summed E-state index contributed by atoms with van der Waals surface area (Å²) in [6.45, 7) is 2.80. The maximum atomic E-state index is 14.8. The third-order valence-corrected chi connectivity index (χ3v) is 5.78. The van der Waals surface area contributed by atoms with Gasteiger partial charge in [0.1, 0.15) is 11.6 Å². The Morgan fingerprint density at radius 2 is 1.49 bits per heavy atom. The highest BCUT2D eigenvalue weighted by Crippen LogP contribution is 2.47. The first-order valence-electron chi connectivity index (χ1n) is 11.0. The minimum Gasteiger partial charge on any atom is -0.459 e. The summed E-state index contributed by atoms with van der Waals surface area (Å²) in [5.41, 5.74) is -1.62. The number of rotatable bonds is 8. The van der Waals surface area contributed by atoms with Crippen molar-refractivity contribution >= 4 is 0 Å². The Hall–Kier alpha value is -2.90. The van der Waals surface area contributed by atoms with Gasteiger partial charge in [0.25, 0.3) is 0 Å². The molecule has 2 aromatic carbocycles. The van der Waals surface area contributed by atoms with E-state index in [1.807, 2.05) is 6.92 Å².